The Balaban J connectivity index is 1.93. The van der Waals surface area contributed by atoms with Gasteiger partial charge in [-0.05, 0) is 45.6 Å². The van der Waals surface area contributed by atoms with Crippen molar-refractivity contribution in [3.05, 3.63) is 0 Å². The molecule has 0 bridgehead atoms. The summed E-state index contributed by atoms with van der Waals surface area (Å²) in [5.41, 5.74) is 5.68. The van der Waals surface area contributed by atoms with E-state index in [0.717, 1.165) is 32.4 Å². The summed E-state index contributed by atoms with van der Waals surface area (Å²) in [5.74, 6) is 0. The third-order valence-corrected chi connectivity index (χ3v) is 4.10. The summed E-state index contributed by atoms with van der Waals surface area (Å²) in [5, 5.41) is 10.0. The summed E-state index contributed by atoms with van der Waals surface area (Å²) in [4.78, 5) is 2.51. The van der Waals surface area contributed by atoms with Gasteiger partial charge in [0.25, 0.3) is 0 Å². The third-order valence-electron chi connectivity index (χ3n) is 4.10. The van der Waals surface area contributed by atoms with Crippen molar-refractivity contribution in [2.45, 2.75) is 63.1 Å². The molecule has 2 fully saturated rings. The maximum absolute atomic E-state index is 10.0. The Morgan fingerprint density at radius 3 is 2.67 bits per heavy atom. The fraction of sp³-hybridized carbons (Fsp3) is 1.00. The number of hydrogen-bond donors (Lipinski definition) is 2. The minimum Gasteiger partial charge on any atom is -0.390 e. The third kappa shape index (κ3) is 2.71. The summed E-state index contributed by atoms with van der Waals surface area (Å²) < 4.78 is 0. The van der Waals surface area contributed by atoms with Gasteiger partial charge in [-0.2, -0.15) is 0 Å². The Labute approximate surface area is 92.6 Å². The molecule has 3 atom stereocenters. The molecule has 1 saturated carbocycles. The van der Waals surface area contributed by atoms with Crippen molar-refractivity contribution in [1.82, 2.24) is 4.90 Å². The van der Waals surface area contributed by atoms with E-state index in [1.807, 2.05) is 6.92 Å². The largest absolute Gasteiger partial charge is 0.390 e. The van der Waals surface area contributed by atoms with E-state index in [9.17, 15) is 5.11 Å². The first-order chi connectivity index (χ1) is 7.08. The minimum absolute atomic E-state index is 0.369. The van der Waals surface area contributed by atoms with Gasteiger partial charge >= 0.3 is 0 Å². The maximum atomic E-state index is 10.0. The first-order valence-electron chi connectivity index (χ1n) is 6.30. The number of rotatable bonds is 1. The smallest absolute Gasteiger partial charge is 0.0632 e. The highest BCUT2D eigenvalue weighted by molar-refractivity contribution is 4.90. The molecule has 1 aliphatic heterocycles. The van der Waals surface area contributed by atoms with Crippen molar-refractivity contribution in [2.24, 2.45) is 5.73 Å². The van der Waals surface area contributed by atoms with Gasteiger partial charge in [-0.1, -0.05) is 6.42 Å². The van der Waals surface area contributed by atoms with Gasteiger partial charge in [-0.15, -0.1) is 0 Å². The fourth-order valence-corrected chi connectivity index (χ4v) is 3.04. The Bertz CT molecular complexity index is 218. The van der Waals surface area contributed by atoms with E-state index in [2.05, 4.69) is 4.90 Å². The molecule has 15 heavy (non-hydrogen) atoms. The molecule has 3 nitrogen and oxygen atoms in total. The molecule has 0 aromatic carbocycles. The van der Waals surface area contributed by atoms with Crippen molar-refractivity contribution in [3.63, 3.8) is 0 Å². The Hall–Kier alpha value is -0.120. The molecule has 1 heterocycles. The number of nitrogens with zero attached hydrogens (tertiary/aromatic N) is 1. The van der Waals surface area contributed by atoms with E-state index in [0.29, 0.717) is 12.1 Å². The van der Waals surface area contributed by atoms with Crippen molar-refractivity contribution in [1.29, 1.82) is 0 Å². The lowest BCUT2D eigenvalue weighted by Gasteiger charge is -2.30. The van der Waals surface area contributed by atoms with Gasteiger partial charge in [0.05, 0.1) is 5.60 Å². The molecular formula is C12H24N2O. The average Bonchev–Trinajstić information content (AvgIpc) is 2.49. The van der Waals surface area contributed by atoms with Crippen LogP contribution >= 0.6 is 0 Å². The Kier molecular flexibility index (Phi) is 3.33. The molecule has 2 rings (SSSR count). The van der Waals surface area contributed by atoms with Crippen LogP contribution in [-0.2, 0) is 0 Å². The lowest BCUT2D eigenvalue weighted by molar-refractivity contribution is 0.0428. The molecule has 0 aromatic heterocycles. The minimum atomic E-state index is -0.447. The van der Waals surface area contributed by atoms with Gasteiger partial charge in [0, 0.05) is 18.6 Å². The van der Waals surface area contributed by atoms with Crippen molar-refractivity contribution in [3.8, 4) is 0 Å². The van der Waals surface area contributed by atoms with Crippen molar-refractivity contribution in [2.75, 3.05) is 13.1 Å². The molecule has 88 valence electrons. The normalized spacial score (nSPS) is 44.2. The van der Waals surface area contributed by atoms with Crippen LogP contribution in [0.25, 0.3) is 0 Å². The van der Waals surface area contributed by atoms with Gasteiger partial charge in [0.15, 0.2) is 0 Å². The van der Waals surface area contributed by atoms with Crippen LogP contribution in [0.3, 0.4) is 0 Å². The van der Waals surface area contributed by atoms with Crippen LogP contribution in [0.4, 0.5) is 0 Å². The number of hydrogen-bond acceptors (Lipinski definition) is 3. The number of aliphatic hydroxyl groups is 1. The van der Waals surface area contributed by atoms with Crippen LogP contribution in [0.2, 0.25) is 0 Å². The first kappa shape index (κ1) is 11.4. The Morgan fingerprint density at radius 1 is 1.20 bits per heavy atom. The van der Waals surface area contributed by atoms with Gasteiger partial charge in [0.2, 0.25) is 0 Å². The van der Waals surface area contributed by atoms with Crippen LogP contribution in [0.5, 0.6) is 0 Å². The predicted molar refractivity (Wildman–Crippen MR) is 61.7 cm³/mol. The van der Waals surface area contributed by atoms with Crippen LogP contribution in [-0.4, -0.2) is 40.8 Å². The summed E-state index contributed by atoms with van der Waals surface area (Å²) >= 11 is 0. The van der Waals surface area contributed by atoms with E-state index in [-0.39, 0.29) is 0 Å². The predicted octanol–water partition coefficient (Wildman–Crippen LogP) is 1.10. The van der Waals surface area contributed by atoms with Gasteiger partial charge < -0.3 is 10.8 Å². The topological polar surface area (TPSA) is 49.5 Å². The molecule has 3 heteroatoms. The maximum Gasteiger partial charge on any atom is 0.0632 e. The lowest BCUT2D eigenvalue weighted by atomic mass is 9.98. The van der Waals surface area contributed by atoms with E-state index in [1.54, 1.807) is 0 Å². The molecule has 0 spiro atoms. The van der Waals surface area contributed by atoms with Crippen molar-refractivity contribution < 1.29 is 5.11 Å². The van der Waals surface area contributed by atoms with Crippen LogP contribution in [0.1, 0.15) is 45.4 Å². The van der Waals surface area contributed by atoms with Gasteiger partial charge in [-0.25, -0.2) is 0 Å². The molecule has 3 unspecified atom stereocenters. The summed E-state index contributed by atoms with van der Waals surface area (Å²) in [6.45, 7) is 4.10. The number of nitrogens with two attached hydrogens (primary N) is 1. The summed E-state index contributed by atoms with van der Waals surface area (Å²) in [7, 11) is 0. The average molecular weight is 212 g/mol. The molecule has 3 N–H and O–H groups in total. The van der Waals surface area contributed by atoms with E-state index >= 15 is 0 Å². The van der Waals surface area contributed by atoms with Gasteiger partial charge in [0.1, 0.15) is 0 Å². The first-order valence-corrected chi connectivity index (χ1v) is 6.30. The lowest BCUT2D eigenvalue weighted by Crippen LogP contribution is -2.45. The standard InChI is InChI=1S/C12H24N2O/c1-12(15)6-3-8-14(9-7-12)11-5-2-4-10(11)13/h10-11,15H,2-9,13H2,1H3. The number of likely N-dealkylation sites (tertiary alicyclic amines) is 1. The van der Waals surface area contributed by atoms with E-state index in [4.69, 9.17) is 5.73 Å². The second-order valence-electron chi connectivity index (χ2n) is 5.55. The highest BCUT2D eigenvalue weighted by Crippen LogP contribution is 2.28. The quantitative estimate of drug-likeness (QED) is 0.684. The summed E-state index contributed by atoms with van der Waals surface area (Å²) in [6.07, 6.45) is 6.65. The fourth-order valence-electron chi connectivity index (χ4n) is 3.04. The molecule has 1 aliphatic carbocycles. The van der Waals surface area contributed by atoms with Crippen molar-refractivity contribution >= 4 is 0 Å². The van der Waals surface area contributed by atoms with E-state index in [1.165, 1.54) is 19.3 Å². The molecular weight excluding hydrogens is 188 g/mol. The van der Waals surface area contributed by atoms with Gasteiger partial charge in [-0.3, -0.25) is 4.90 Å². The molecule has 0 aromatic rings. The molecule has 0 radical (unpaired) electrons. The second-order valence-corrected chi connectivity index (χ2v) is 5.55. The van der Waals surface area contributed by atoms with E-state index < -0.39 is 5.60 Å². The highest BCUT2D eigenvalue weighted by Gasteiger charge is 2.33. The van der Waals surface area contributed by atoms with Crippen LogP contribution in [0, 0.1) is 0 Å². The zero-order valence-corrected chi connectivity index (χ0v) is 9.78. The van der Waals surface area contributed by atoms with Crippen LogP contribution in [0.15, 0.2) is 0 Å². The summed E-state index contributed by atoms with van der Waals surface area (Å²) in [6, 6.07) is 0.951. The second kappa shape index (κ2) is 4.40. The molecule has 1 saturated heterocycles. The van der Waals surface area contributed by atoms with Crippen LogP contribution < -0.4 is 5.73 Å². The zero-order chi connectivity index (χ0) is 10.9. The molecule has 0 amide bonds. The highest BCUT2D eigenvalue weighted by atomic mass is 16.3. The SMILES string of the molecule is CC1(O)CCCN(C2CCCC2N)CC1. The molecule has 2 aliphatic rings. The Morgan fingerprint density at radius 2 is 2.00 bits per heavy atom. The monoisotopic (exact) mass is 212 g/mol. The zero-order valence-electron chi connectivity index (χ0n) is 9.78.